The van der Waals surface area contributed by atoms with Crippen molar-refractivity contribution >= 4 is 32.3 Å². The Hall–Kier alpha value is -3.76. The first-order chi connectivity index (χ1) is 17.3. The normalized spacial score (nSPS) is 14.6. The fraction of sp³-hybridized carbons (Fsp3) is 0.269. The SMILES string of the molecule is CNc1cc(-c2ccnc3ccc(Oc4ccn(C(=O)C5CCOCC5)c4)cc23)cnc1S(C)(=O)=O. The monoisotopic (exact) mass is 506 g/mol. The number of aromatic nitrogens is 3. The third-order valence-electron chi connectivity index (χ3n) is 6.22. The molecule has 5 rings (SSSR count). The Bertz CT molecular complexity index is 1540. The van der Waals surface area contributed by atoms with Gasteiger partial charge in [0.2, 0.25) is 5.91 Å². The maximum Gasteiger partial charge on any atom is 0.233 e. The molecular formula is C26H26N4O5S. The van der Waals surface area contributed by atoms with Gasteiger partial charge in [0.15, 0.2) is 14.9 Å². The van der Waals surface area contributed by atoms with Gasteiger partial charge in [0.1, 0.15) is 11.5 Å². The zero-order chi connectivity index (χ0) is 25.3. The molecule has 36 heavy (non-hydrogen) atoms. The minimum absolute atomic E-state index is 0.00375. The summed E-state index contributed by atoms with van der Waals surface area (Å²) in [5.74, 6) is 1.14. The van der Waals surface area contributed by atoms with E-state index in [0.717, 1.165) is 41.1 Å². The fourth-order valence-corrected chi connectivity index (χ4v) is 5.19. The molecule has 0 bridgehead atoms. The van der Waals surface area contributed by atoms with Gasteiger partial charge in [-0.1, -0.05) is 0 Å². The average Bonchev–Trinajstić information content (AvgIpc) is 3.36. The third kappa shape index (κ3) is 4.82. The second-order valence-electron chi connectivity index (χ2n) is 8.72. The Balaban J connectivity index is 1.45. The van der Waals surface area contributed by atoms with Crippen LogP contribution in [0.25, 0.3) is 22.0 Å². The molecule has 1 aromatic carbocycles. The zero-order valence-corrected chi connectivity index (χ0v) is 20.8. The summed E-state index contributed by atoms with van der Waals surface area (Å²) in [6.45, 7) is 1.22. The first-order valence-corrected chi connectivity index (χ1v) is 13.5. The third-order valence-corrected chi connectivity index (χ3v) is 7.25. The number of hydrogen-bond donors (Lipinski definition) is 1. The van der Waals surface area contributed by atoms with Gasteiger partial charge in [-0.2, -0.15) is 0 Å². The number of pyridine rings is 2. The fourth-order valence-electron chi connectivity index (χ4n) is 4.38. The number of fused-ring (bicyclic) bond motifs is 1. The molecule has 10 heteroatoms. The van der Waals surface area contributed by atoms with Crippen molar-refractivity contribution in [1.29, 1.82) is 0 Å². The molecule has 4 heterocycles. The van der Waals surface area contributed by atoms with Gasteiger partial charge < -0.3 is 14.8 Å². The highest BCUT2D eigenvalue weighted by molar-refractivity contribution is 7.90. The molecule has 3 aromatic heterocycles. The van der Waals surface area contributed by atoms with E-state index in [-0.39, 0.29) is 16.9 Å². The highest BCUT2D eigenvalue weighted by atomic mass is 32.2. The van der Waals surface area contributed by atoms with E-state index in [4.69, 9.17) is 9.47 Å². The number of carbonyl (C=O) groups excluding carboxylic acids is 1. The van der Waals surface area contributed by atoms with E-state index < -0.39 is 9.84 Å². The summed E-state index contributed by atoms with van der Waals surface area (Å²) in [5, 5.41) is 3.74. The van der Waals surface area contributed by atoms with Crippen molar-refractivity contribution in [2.75, 3.05) is 31.8 Å². The topological polar surface area (TPSA) is 112 Å². The van der Waals surface area contributed by atoms with Crippen LogP contribution < -0.4 is 10.1 Å². The van der Waals surface area contributed by atoms with Crippen LogP contribution in [-0.2, 0) is 14.6 Å². The van der Waals surface area contributed by atoms with Crippen LogP contribution in [0.2, 0.25) is 0 Å². The Labute approximate surface area is 209 Å². The largest absolute Gasteiger partial charge is 0.456 e. The van der Waals surface area contributed by atoms with Gasteiger partial charge in [-0.05, 0) is 54.8 Å². The number of anilines is 1. The Morgan fingerprint density at radius 3 is 2.67 bits per heavy atom. The quantitative estimate of drug-likeness (QED) is 0.409. The molecule has 0 amide bonds. The highest BCUT2D eigenvalue weighted by Gasteiger charge is 2.23. The summed E-state index contributed by atoms with van der Waals surface area (Å²) in [5.41, 5.74) is 2.75. The predicted molar refractivity (Wildman–Crippen MR) is 136 cm³/mol. The lowest BCUT2D eigenvalue weighted by Gasteiger charge is -2.20. The lowest BCUT2D eigenvalue weighted by atomic mass is 9.99. The number of hydrogen-bond acceptors (Lipinski definition) is 8. The van der Waals surface area contributed by atoms with E-state index in [1.165, 1.54) is 0 Å². The number of rotatable bonds is 6. The molecule has 0 aliphatic carbocycles. The summed E-state index contributed by atoms with van der Waals surface area (Å²) in [7, 11) is -1.82. The molecule has 0 radical (unpaired) electrons. The average molecular weight is 507 g/mol. The Morgan fingerprint density at radius 2 is 1.92 bits per heavy atom. The molecule has 1 N–H and O–H groups in total. The Kier molecular flexibility index (Phi) is 6.46. The zero-order valence-electron chi connectivity index (χ0n) is 20.0. The Morgan fingerprint density at radius 1 is 1.11 bits per heavy atom. The first-order valence-electron chi connectivity index (χ1n) is 11.6. The number of benzene rings is 1. The number of nitrogens with zero attached hydrogens (tertiary/aromatic N) is 3. The van der Waals surface area contributed by atoms with Gasteiger partial charge in [0, 0.05) is 62.0 Å². The summed E-state index contributed by atoms with van der Waals surface area (Å²) < 4.78 is 37.1. The van der Waals surface area contributed by atoms with Gasteiger partial charge in [-0.3, -0.25) is 14.3 Å². The molecular weight excluding hydrogens is 480 g/mol. The van der Waals surface area contributed by atoms with Crippen molar-refractivity contribution in [3.63, 3.8) is 0 Å². The smallest absolute Gasteiger partial charge is 0.233 e. The lowest BCUT2D eigenvalue weighted by molar-refractivity contribution is 0.0486. The molecule has 4 aromatic rings. The minimum atomic E-state index is -3.48. The van der Waals surface area contributed by atoms with Gasteiger partial charge in [-0.25, -0.2) is 13.4 Å². The van der Waals surface area contributed by atoms with Crippen LogP contribution in [0.1, 0.15) is 17.6 Å². The molecule has 0 unspecified atom stereocenters. The predicted octanol–water partition coefficient (Wildman–Crippen LogP) is 4.40. The van der Waals surface area contributed by atoms with Crippen molar-refractivity contribution in [3.8, 4) is 22.6 Å². The van der Waals surface area contributed by atoms with Gasteiger partial charge >= 0.3 is 0 Å². The summed E-state index contributed by atoms with van der Waals surface area (Å²) in [6, 6.07) is 10.9. The molecule has 9 nitrogen and oxygen atoms in total. The molecule has 1 aliphatic heterocycles. The van der Waals surface area contributed by atoms with Crippen molar-refractivity contribution in [1.82, 2.24) is 14.5 Å². The van der Waals surface area contributed by atoms with Crippen LogP contribution in [0.5, 0.6) is 11.5 Å². The van der Waals surface area contributed by atoms with E-state index in [1.807, 2.05) is 24.3 Å². The van der Waals surface area contributed by atoms with E-state index in [9.17, 15) is 13.2 Å². The highest BCUT2D eigenvalue weighted by Crippen LogP contribution is 2.34. The molecule has 0 saturated carbocycles. The van der Waals surface area contributed by atoms with Gasteiger partial charge in [0.25, 0.3) is 0 Å². The molecule has 0 atom stereocenters. The number of ether oxygens (including phenoxy) is 2. The summed E-state index contributed by atoms with van der Waals surface area (Å²) in [6.07, 6.45) is 9.23. The molecule has 1 saturated heterocycles. The van der Waals surface area contributed by atoms with E-state index in [2.05, 4.69) is 15.3 Å². The number of nitrogens with one attached hydrogen (secondary N) is 1. The van der Waals surface area contributed by atoms with Crippen molar-refractivity contribution in [2.45, 2.75) is 17.9 Å². The summed E-state index contributed by atoms with van der Waals surface area (Å²) >= 11 is 0. The van der Waals surface area contributed by atoms with Crippen molar-refractivity contribution in [3.05, 3.63) is 61.2 Å². The van der Waals surface area contributed by atoms with E-state index >= 15 is 0 Å². The molecule has 1 aliphatic rings. The second kappa shape index (κ2) is 9.71. The van der Waals surface area contributed by atoms with Crippen LogP contribution in [0.4, 0.5) is 5.69 Å². The van der Waals surface area contributed by atoms with Crippen LogP contribution >= 0.6 is 0 Å². The maximum absolute atomic E-state index is 12.8. The van der Waals surface area contributed by atoms with Crippen molar-refractivity contribution < 1.29 is 22.7 Å². The molecule has 0 spiro atoms. The van der Waals surface area contributed by atoms with Crippen LogP contribution in [0.3, 0.4) is 0 Å². The molecule has 1 fully saturated rings. The lowest BCUT2D eigenvalue weighted by Crippen LogP contribution is -2.27. The van der Waals surface area contributed by atoms with Gasteiger partial charge in [0.05, 0.1) is 17.4 Å². The standard InChI is InChI=1S/C26H26N4O5S/c1-27-24-13-18(15-29-25(24)36(2,32)33)21-5-9-28-23-4-3-19(14-22(21)23)35-20-6-10-30(16-20)26(31)17-7-11-34-12-8-17/h3-6,9-10,13-17,27H,7-8,11-12H2,1-2H3. The minimum Gasteiger partial charge on any atom is -0.456 e. The van der Waals surface area contributed by atoms with E-state index in [1.54, 1.807) is 48.5 Å². The number of carbonyl (C=O) groups is 1. The van der Waals surface area contributed by atoms with Crippen LogP contribution in [-0.4, -0.2) is 55.4 Å². The molecule has 186 valence electrons. The summed E-state index contributed by atoms with van der Waals surface area (Å²) in [4.78, 5) is 21.4. The second-order valence-corrected chi connectivity index (χ2v) is 10.6. The van der Waals surface area contributed by atoms with Crippen LogP contribution in [0, 0.1) is 5.92 Å². The van der Waals surface area contributed by atoms with E-state index in [0.29, 0.717) is 30.4 Å². The van der Waals surface area contributed by atoms with Gasteiger partial charge in [-0.15, -0.1) is 0 Å². The maximum atomic E-state index is 12.8. The van der Waals surface area contributed by atoms with Crippen molar-refractivity contribution in [2.24, 2.45) is 5.92 Å². The van der Waals surface area contributed by atoms with Crippen LogP contribution in [0.15, 0.2) is 66.2 Å². The first kappa shape index (κ1) is 24.0. The number of sulfone groups is 1.